The lowest BCUT2D eigenvalue weighted by molar-refractivity contribution is 0.0646. The zero-order valence-electron chi connectivity index (χ0n) is 15.6. The quantitative estimate of drug-likeness (QED) is 0.365. The molecule has 1 aliphatic carbocycles. The Balaban J connectivity index is 1.65. The molecule has 1 fully saturated rings. The minimum Gasteiger partial charge on any atom is -0.393 e. The van der Waals surface area contributed by atoms with Gasteiger partial charge in [-0.25, -0.2) is 0 Å². The van der Waals surface area contributed by atoms with Gasteiger partial charge in [0.15, 0.2) is 5.96 Å². The molecule has 3 N–H and O–H groups in total. The van der Waals surface area contributed by atoms with Crippen molar-refractivity contribution in [1.29, 1.82) is 0 Å². The molecule has 0 saturated heterocycles. The van der Waals surface area contributed by atoms with Crippen LogP contribution >= 0.6 is 0 Å². The molecule has 25 heavy (non-hydrogen) atoms. The Bertz CT molecular complexity index is 507. The van der Waals surface area contributed by atoms with Gasteiger partial charge in [0.05, 0.1) is 12.2 Å². The SMILES string of the molecule is CCNC(=NCC1CCCC1O)NCCCOC(C)c1ccccc1. The van der Waals surface area contributed by atoms with Crippen LogP contribution in [-0.2, 0) is 4.74 Å². The molecule has 2 rings (SSSR count). The van der Waals surface area contributed by atoms with Gasteiger partial charge in [0.25, 0.3) is 0 Å². The largest absolute Gasteiger partial charge is 0.393 e. The van der Waals surface area contributed by atoms with E-state index in [1.807, 2.05) is 18.2 Å². The molecule has 0 aromatic heterocycles. The maximum Gasteiger partial charge on any atom is 0.191 e. The van der Waals surface area contributed by atoms with E-state index in [1.54, 1.807) is 0 Å². The lowest BCUT2D eigenvalue weighted by atomic mass is 10.1. The van der Waals surface area contributed by atoms with E-state index in [2.05, 4.69) is 41.6 Å². The number of rotatable bonds is 9. The Hall–Kier alpha value is -1.59. The minimum absolute atomic E-state index is 0.118. The number of nitrogens with one attached hydrogen (secondary N) is 2. The number of benzene rings is 1. The number of aliphatic hydroxyl groups is 1. The van der Waals surface area contributed by atoms with Gasteiger partial charge < -0.3 is 20.5 Å². The molecule has 3 atom stereocenters. The van der Waals surface area contributed by atoms with Crippen molar-refractivity contribution in [3.8, 4) is 0 Å². The van der Waals surface area contributed by atoms with Gasteiger partial charge in [-0.15, -0.1) is 0 Å². The molecule has 0 aliphatic heterocycles. The van der Waals surface area contributed by atoms with Crippen LogP contribution in [0.25, 0.3) is 0 Å². The van der Waals surface area contributed by atoms with Crippen LogP contribution in [0.15, 0.2) is 35.3 Å². The predicted molar refractivity (Wildman–Crippen MR) is 103 cm³/mol. The van der Waals surface area contributed by atoms with Crippen molar-refractivity contribution >= 4 is 5.96 Å². The molecule has 140 valence electrons. The first-order chi connectivity index (χ1) is 12.2. The molecule has 0 radical (unpaired) electrons. The summed E-state index contributed by atoms with van der Waals surface area (Å²) in [5, 5.41) is 16.5. The zero-order valence-corrected chi connectivity index (χ0v) is 15.6. The van der Waals surface area contributed by atoms with Crippen molar-refractivity contribution < 1.29 is 9.84 Å². The van der Waals surface area contributed by atoms with Crippen LogP contribution in [0, 0.1) is 5.92 Å². The third-order valence-corrected chi connectivity index (χ3v) is 4.70. The van der Waals surface area contributed by atoms with Crippen molar-refractivity contribution in [2.24, 2.45) is 10.9 Å². The molecule has 0 amide bonds. The molecular weight excluding hydrogens is 314 g/mol. The maximum absolute atomic E-state index is 9.90. The lowest BCUT2D eigenvalue weighted by Crippen LogP contribution is -2.38. The van der Waals surface area contributed by atoms with Gasteiger partial charge in [0.2, 0.25) is 0 Å². The van der Waals surface area contributed by atoms with Crippen molar-refractivity contribution in [1.82, 2.24) is 10.6 Å². The second-order valence-electron chi connectivity index (χ2n) is 6.68. The molecular formula is C20H33N3O2. The summed E-state index contributed by atoms with van der Waals surface area (Å²) in [4.78, 5) is 4.62. The Morgan fingerprint density at radius 3 is 2.76 bits per heavy atom. The van der Waals surface area contributed by atoms with Crippen LogP contribution in [0.1, 0.15) is 51.2 Å². The highest BCUT2D eigenvalue weighted by Gasteiger charge is 2.24. The van der Waals surface area contributed by atoms with Gasteiger partial charge in [0, 0.05) is 32.2 Å². The number of guanidine groups is 1. The summed E-state index contributed by atoms with van der Waals surface area (Å²) in [6.07, 6.45) is 3.97. The maximum atomic E-state index is 9.90. The number of aliphatic hydroxyl groups excluding tert-OH is 1. The molecule has 0 bridgehead atoms. The monoisotopic (exact) mass is 347 g/mol. The summed E-state index contributed by atoms with van der Waals surface area (Å²) in [5.41, 5.74) is 1.21. The van der Waals surface area contributed by atoms with E-state index < -0.39 is 0 Å². The van der Waals surface area contributed by atoms with E-state index in [0.29, 0.717) is 19.1 Å². The topological polar surface area (TPSA) is 65.9 Å². The van der Waals surface area contributed by atoms with Crippen molar-refractivity contribution in [3.63, 3.8) is 0 Å². The van der Waals surface area contributed by atoms with Crippen LogP contribution in [0.2, 0.25) is 0 Å². The highest BCUT2D eigenvalue weighted by atomic mass is 16.5. The minimum atomic E-state index is -0.181. The molecule has 5 heteroatoms. The highest BCUT2D eigenvalue weighted by molar-refractivity contribution is 5.79. The van der Waals surface area contributed by atoms with Crippen LogP contribution in [0.4, 0.5) is 0 Å². The molecule has 5 nitrogen and oxygen atoms in total. The number of ether oxygens (including phenoxy) is 1. The van der Waals surface area contributed by atoms with Gasteiger partial charge in [-0.05, 0) is 38.7 Å². The summed E-state index contributed by atoms with van der Waals surface area (Å²) in [7, 11) is 0. The van der Waals surface area contributed by atoms with Crippen LogP contribution in [0.5, 0.6) is 0 Å². The van der Waals surface area contributed by atoms with E-state index in [4.69, 9.17) is 4.74 Å². The summed E-state index contributed by atoms with van der Waals surface area (Å²) in [6, 6.07) is 10.3. The van der Waals surface area contributed by atoms with E-state index in [-0.39, 0.29) is 12.2 Å². The predicted octanol–water partition coefficient (Wildman–Crippen LogP) is 2.87. The standard InChI is InChI=1S/C20H33N3O2/c1-3-21-20(23-15-18-11-7-12-19(18)24)22-13-8-14-25-16(2)17-9-5-4-6-10-17/h4-6,9-10,16,18-19,24H,3,7-8,11-15H2,1-2H3,(H2,21,22,23). The molecule has 1 saturated carbocycles. The Morgan fingerprint density at radius 1 is 1.28 bits per heavy atom. The fourth-order valence-electron chi connectivity index (χ4n) is 3.14. The highest BCUT2D eigenvalue weighted by Crippen LogP contribution is 2.25. The zero-order chi connectivity index (χ0) is 17.9. The molecule has 1 aromatic carbocycles. The van der Waals surface area contributed by atoms with Crippen LogP contribution in [-0.4, -0.2) is 43.4 Å². The normalized spacial score (nSPS) is 22.0. The Morgan fingerprint density at radius 2 is 2.08 bits per heavy atom. The average Bonchev–Trinajstić information content (AvgIpc) is 3.04. The van der Waals surface area contributed by atoms with Gasteiger partial charge in [-0.1, -0.05) is 36.8 Å². The first-order valence-electron chi connectivity index (χ1n) is 9.57. The molecule has 0 spiro atoms. The fraction of sp³-hybridized carbons (Fsp3) is 0.650. The molecule has 0 heterocycles. The first-order valence-corrected chi connectivity index (χ1v) is 9.57. The number of hydrogen-bond acceptors (Lipinski definition) is 3. The summed E-state index contributed by atoms with van der Waals surface area (Å²) < 4.78 is 5.89. The number of aliphatic imine (C=N–C) groups is 1. The summed E-state index contributed by atoms with van der Waals surface area (Å²) >= 11 is 0. The first kappa shape index (κ1) is 19.7. The third-order valence-electron chi connectivity index (χ3n) is 4.70. The molecule has 3 unspecified atom stereocenters. The van der Waals surface area contributed by atoms with E-state index >= 15 is 0 Å². The number of nitrogens with zero attached hydrogens (tertiary/aromatic N) is 1. The average molecular weight is 348 g/mol. The Kier molecular flexibility index (Phi) is 8.77. The van der Waals surface area contributed by atoms with Crippen LogP contribution in [0.3, 0.4) is 0 Å². The van der Waals surface area contributed by atoms with Crippen LogP contribution < -0.4 is 10.6 Å². The van der Waals surface area contributed by atoms with E-state index in [0.717, 1.165) is 44.7 Å². The second kappa shape index (κ2) is 11.1. The number of hydrogen-bond donors (Lipinski definition) is 3. The van der Waals surface area contributed by atoms with Gasteiger partial charge >= 0.3 is 0 Å². The van der Waals surface area contributed by atoms with Gasteiger partial charge in [0.1, 0.15) is 0 Å². The fourth-order valence-corrected chi connectivity index (χ4v) is 3.14. The Labute approximate surface area is 151 Å². The molecule has 1 aliphatic rings. The van der Waals surface area contributed by atoms with Gasteiger partial charge in [-0.2, -0.15) is 0 Å². The van der Waals surface area contributed by atoms with E-state index in [9.17, 15) is 5.11 Å². The molecule has 1 aromatic rings. The summed E-state index contributed by atoms with van der Waals surface area (Å²) in [5.74, 6) is 1.14. The second-order valence-corrected chi connectivity index (χ2v) is 6.68. The smallest absolute Gasteiger partial charge is 0.191 e. The summed E-state index contributed by atoms with van der Waals surface area (Å²) in [6.45, 7) is 7.20. The lowest BCUT2D eigenvalue weighted by Gasteiger charge is -2.16. The van der Waals surface area contributed by atoms with E-state index in [1.165, 1.54) is 5.56 Å². The third kappa shape index (κ3) is 7.04. The van der Waals surface area contributed by atoms with Crippen molar-refractivity contribution in [3.05, 3.63) is 35.9 Å². The van der Waals surface area contributed by atoms with Crippen molar-refractivity contribution in [2.75, 3.05) is 26.2 Å². The van der Waals surface area contributed by atoms with Crippen molar-refractivity contribution in [2.45, 2.75) is 51.7 Å². The van der Waals surface area contributed by atoms with Gasteiger partial charge in [-0.3, -0.25) is 4.99 Å².